The summed E-state index contributed by atoms with van der Waals surface area (Å²) < 4.78 is 37.7. The van der Waals surface area contributed by atoms with Gasteiger partial charge in [-0.05, 0) is 50.2 Å². The van der Waals surface area contributed by atoms with Crippen LogP contribution in [0.5, 0.6) is 0 Å². The number of carbonyl (C=O) groups is 1. The Morgan fingerprint density at radius 3 is 1.91 bits per heavy atom. The first kappa shape index (κ1) is 16.1. The van der Waals surface area contributed by atoms with Gasteiger partial charge in [0.15, 0.2) is 0 Å². The molecule has 5 heteroatoms. The molecular formula is C17H16F3NO. The molecule has 2 aromatic carbocycles. The average Bonchev–Trinajstić information content (AvgIpc) is 2.44. The molecule has 0 fully saturated rings. The van der Waals surface area contributed by atoms with Crippen molar-refractivity contribution < 1.29 is 18.0 Å². The number of nitrogens with zero attached hydrogens (tertiary/aromatic N) is 1. The molecule has 116 valence electrons. The molecule has 0 N–H and O–H groups in total. The number of halogens is 3. The van der Waals surface area contributed by atoms with Gasteiger partial charge in [0.05, 0.1) is 5.56 Å². The van der Waals surface area contributed by atoms with E-state index < -0.39 is 11.7 Å². The van der Waals surface area contributed by atoms with Gasteiger partial charge in [-0.15, -0.1) is 0 Å². The van der Waals surface area contributed by atoms with E-state index in [1.165, 1.54) is 17.0 Å². The molecule has 2 nitrogen and oxygen atoms in total. The molecule has 0 spiro atoms. The normalized spacial score (nSPS) is 11.4. The van der Waals surface area contributed by atoms with Crippen molar-refractivity contribution in [3.63, 3.8) is 0 Å². The summed E-state index contributed by atoms with van der Waals surface area (Å²) in [6.45, 7) is 3.78. The van der Waals surface area contributed by atoms with Crippen molar-refractivity contribution >= 4 is 11.6 Å². The van der Waals surface area contributed by atoms with Gasteiger partial charge in [0, 0.05) is 18.3 Å². The van der Waals surface area contributed by atoms with Gasteiger partial charge in [-0.3, -0.25) is 4.79 Å². The lowest BCUT2D eigenvalue weighted by Crippen LogP contribution is -2.26. The van der Waals surface area contributed by atoms with Crippen molar-refractivity contribution in [2.75, 3.05) is 11.9 Å². The molecule has 0 aromatic heterocycles. The minimum atomic E-state index is -4.38. The molecule has 1 amide bonds. The number of rotatable bonds is 2. The summed E-state index contributed by atoms with van der Waals surface area (Å²) in [5.41, 5.74) is 2.12. The first-order chi connectivity index (χ1) is 10.2. The fourth-order valence-corrected chi connectivity index (χ4v) is 2.28. The van der Waals surface area contributed by atoms with E-state index in [0.29, 0.717) is 11.3 Å². The Labute approximate surface area is 127 Å². The van der Waals surface area contributed by atoms with Crippen molar-refractivity contribution in [1.29, 1.82) is 0 Å². The molecule has 0 unspecified atom stereocenters. The molecule has 0 saturated carbocycles. The zero-order chi connectivity index (χ0) is 16.5. The molecule has 0 aliphatic carbocycles. The molecule has 22 heavy (non-hydrogen) atoms. The Balaban J connectivity index is 2.27. The lowest BCUT2D eigenvalue weighted by molar-refractivity contribution is -0.137. The maximum absolute atomic E-state index is 12.6. The number of carbonyl (C=O) groups excluding carboxylic acids is 1. The number of hydrogen-bond acceptors (Lipinski definition) is 1. The smallest absolute Gasteiger partial charge is 0.311 e. The SMILES string of the molecule is Cc1cc(C)cc(C(=O)N(C)c2ccc(C(F)(F)F)cc2)c1. The van der Waals surface area contributed by atoms with Crippen LogP contribution in [-0.2, 0) is 6.18 Å². The summed E-state index contributed by atoms with van der Waals surface area (Å²) in [6, 6.07) is 10.0. The Morgan fingerprint density at radius 1 is 0.955 bits per heavy atom. The van der Waals surface area contributed by atoms with E-state index in [2.05, 4.69) is 0 Å². The monoisotopic (exact) mass is 307 g/mol. The lowest BCUT2D eigenvalue weighted by atomic mass is 10.1. The predicted molar refractivity (Wildman–Crippen MR) is 80.1 cm³/mol. The third kappa shape index (κ3) is 3.47. The fraction of sp³-hybridized carbons (Fsp3) is 0.235. The highest BCUT2D eigenvalue weighted by molar-refractivity contribution is 6.05. The summed E-state index contributed by atoms with van der Waals surface area (Å²) in [5.74, 6) is -0.258. The molecule has 2 rings (SSSR count). The summed E-state index contributed by atoms with van der Waals surface area (Å²) in [4.78, 5) is 13.8. The van der Waals surface area contributed by atoms with Crippen molar-refractivity contribution in [1.82, 2.24) is 0 Å². The van der Waals surface area contributed by atoms with Crippen LogP contribution in [0.15, 0.2) is 42.5 Å². The summed E-state index contributed by atoms with van der Waals surface area (Å²) in [5, 5.41) is 0. The number of hydrogen-bond donors (Lipinski definition) is 0. The molecule has 0 aliphatic heterocycles. The maximum Gasteiger partial charge on any atom is 0.416 e. The molecule has 0 aliphatic rings. The van der Waals surface area contributed by atoms with Crippen LogP contribution >= 0.6 is 0 Å². The first-order valence-electron chi connectivity index (χ1n) is 6.72. The maximum atomic E-state index is 12.6. The number of alkyl halides is 3. The quantitative estimate of drug-likeness (QED) is 0.794. The molecule has 2 aromatic rings. The van der Waals surface area contributed by atoms with Gasteiger partial charge in [0.25, 0.3) is 5.91 Å². The fourth-order valence-electron chi connectivity index (χ4n) is 2.28. The van der Waals surface area contributed by atoms with Crippen molar-refractivity contribution in [2.24, 2.45) is 0 Å². The number of aryl methyl sites for hydroxylation is 2. The first-order valence-corrected chi connectivity index (χ1v) is 6.72. The van der Waals surface area contributed by atoms with Crippen LogP contribution < -0.4 is 4.90 Å². The molecule has 0 saturated heterocycles. The summed E-state index contributed by atoms with van der Waals surface area (Å²) in [6.07, 6.45) is -4.38. The molecular weight excluding hydrogens is 291 g/mol. The van der Waals surface area contributed by atoms with Crippen LogP contribution in [0.25, 0.3) is 0 Å². The highest BCUT2D eigenvalue weighted by atomic mass is 19.4. The van der Waals surface area contributed by atoms with Gasteiger partial charge >= 0.3 is 6.18 Å². The number of amides is 1. The summed E-state index contributed by atoms with van der Waals surface area (Å²) >= 11 is 0. The van der Waals surface area contributed by atoms with E-state index in [1.54, 1.807) is 19.2 Å². The van der Waals surface area contributed by atoms with Crippen LogP contribution in [0, 0.1) is 13.8 Å². The number of benzene rings is 2. The average molecular weight is 307 g/mol. The van der Waals surface area contributed by atoms with E-state index in [9.17, 15) is 18.0 Å². The van der Waals surface area contributed by atoms with Crippen LogP contribution in [0.2, 0.25) is 0 Å². The standard InChI is InChI=1S/C17H16F3NO/c1-11-8-12(2)10-13(9-11)16(22)21(3)15-6-4-14(5-7-15)17(18,19)20/h4-10H,1-3H3. The Morgan fingerprint density at radius 2 is 1.45 bits per heavy atom. The largest absolute Gasteiger partial charge is 0.416 e. The van der Waals surface area contributed by atoms with E-state index >= 15 is 0 Å². The van der Waals surface area contributed by atoms with Crippen molar-refractivity contribution in [3.8, 4) is 0 Å². The predicted octanol–water partition coefficient (Wildman–Crippen LogP) is 4.60. The van der Waals surface area contributed by atoms with E-state index in [1.807, 2.05) is 19.9 Å². The van der Waals surface area contributed by atoms with Crippen molar-refractivity contribution in [2.45, 2.75) is 20.0 Å². The molecule has 0 atom stereocenters. The van der Waals surface area contributed by atoms with Gasteiger partial charge < -0.3 is 4.90 Å². The Bertz CT molecular complexity index is 670. The lowest BCUT2D eigenvalue weighted by Gasteiger charge is -2.19. The second-order valence-corrected chi connectivity index (χ2v) is 5.29. The third-order valence-corrected chi connectivity index (χ3v) is 3.36. The van der Waals surface area contributed by atoms with Gasteiger partial charge in [0.1, 0.15) is 0 Å². The van der Waals surface area contributed by atoms with Crippen LogP contribution in [0.1, 0.15) is 27.0 Å². The minimum Gasteiger partial charge on any atom is -0.311 e. The Kier molecular flexibility index (Phi) is 4.26. The molecule has 0 bridgehead atoms. The highest BCUT2D eigenvalue weighted by Gasteiger charge is 2.30. The Hall–Kier alpha value is -2.30. The van der Waals surface area contributed by atoms with Crippen LogP contribution in [-0.4, -0.2) is 13.0 Å². The number of anilines is 1. The van der Waals surface area contributed by atoms with E-state index in [0.717, 1.165) is 23.3 Å². The van der Waals surface area contributed by atoms with E-state index in [-0.39, 0.29) is 5.91 Å². The van der Waals surface area contributed by atoms with Gasteiger partial charge in [-0.25, -0.2) is 0 Å². The third-order valence-electron chi connectivity index (χ3n) is 3.36. The second kappa shape index (κ2) is 5.83. The van der Waals surface area contributed by atoms with Gasteiger partial charge in [-0.1, -0.05) is 17.2 Å². The van der Waals surface area contributed by atoms with Gasteiger partial charge in [-0.2, -0.15) is 13.2 Å². The minimum absolute atomic E-state index is 0.258. The van der Waals surface area contributed by atoms with Crippen LogP contribution in [0.4, 0.5) is 18.9 Å². The van der Waals surface area contributed by atoms with Gasteiger partial charge in [0.2, 0.25) is 0 Å². The van der Waals surface area contributed by atoms with Crippen molar-refractivity contribution in [3.05, 3.63) is 64.7 Å². The zero-order valence-corrected chi connectivity index (χ0v) is 12.5. The zero-order valence-electron chi connectivity index (χ0n) is 12.5. The topological polar surface area (TPSA) is 20.3 Å². The highest BCUT2D eigenvalue weighted by Crippen LogP contribution is 2.30. The molecule has 0 radical (unpaired) electrons. The summed E-state index contributed by atoms with van der Waals surface area (Å²) in [7, 11) is 1.54. The second-order valence-electron chi connectivity index (χ2n) is 5.29. The van der Waals surface area contributed by atoms with Crippen LogP contribution in [0.3, 0.4) is 0 Å². The van der Waals surface area contributed by atoms with E-state index in [4.69, 9.17) is 0 Å². The molecule has 0 heterocycles.